The number of aryl methyl sites for hydroxylation is 1. The van der Waals surface area contributed by atoms with E-state index < -0.39 is 0 Å². The molecule has 2 fully saturated rings. The second-order valence-corrected chi connectivity index (χ2v) is 7.27. The summed E-state index contributed by atoms with van der Waals surface area (Å²) in [6, 6.07) is 8.82. The van der Waals surface area contributed by atoms with Gasteiger partial charge >= 0.3 is 0 Å². The molecule has 1 aromatic rings. The molecule has 1 atom stereocenters. The summed E-state index contributed by atoms with van der Waals surface area (Å²) < 4.78 is 0. The lowest BCUT2D eigenvalue weighted by atomic mass is 9.68. The molecule has 120 valence electrons. The number of hydrogen-bond acceptors (Lipinski definition) is 1. The summed E-state index contributed by atoms with van der Waals surface area (Å²) in [7, 11) is 1.91. The highest BCUT2D eigenvalue weighted by Crippen LogP contribution is 2.47. The van der Waals surface area contributed by atoms with Crippen molar-refractivity contribution in [1.82, 2.24) is 10.2 Å². The molecule has 2 aliphatic rings. The van der Waals surface area contributed by atoms with Gasteiger partial charge < -0.3 is 10.2 Å². The fourth-order valence-electron chi connectivity index (χ4n) is 3.87. The first-order chi connectivity index (χ1) is 10.6. The molecule has 1 N–H and O–H groups in total. The van der Waals surface area contributed by atoms with E-state index in [9.17, 15) is 0 Å². The molecule has 22 heavy (non-hydrogen) atoms. The highest BCUT2D eigenvalue weighted by molar-refractivity contribution is 5.80. The minimum absolute atomic E-state index is 0.497. The highest BCUT2D eigenvalue weighted by Gasteiger charge is 2.43. The third kappa shape index (κ3) is 3.13. The third-order valence-corrected chi connectivity index (χ3v) is 5.54. The molecule has 0 bridgehead atoms. The maximum Gasteiger partial charge on any atom is 0.193 e. The number of nitrogens with zero attached hydrogens (tertiary/aromatic N) is 2. The molecule has 0 aromatic heterocycles. The molecular weight excluding hydrogens is 270 g/mol. The second kappa shape index (κ2) is 6.31. The normalized spacial score (nSPS) is 21.8. The number of hydrogen-bond donors (Lipinski definition) is 1. The minimum atomic E-state index is 0.497. The van der Waals surface area contributed by atoms with E-state index >= 15 is 0 Å². The second-order valence-electron chi connectivity index (χ2n) is 7.27. The van der Waals surface area contributed by atoms with Gasteiger partial charge in [-0.2, -0.15) is 0 Å². The molecule has 1 aromatic carbocycles. The molecule has 1 saturated carbocycles. The van der Waals surface area contributed by atoms with E-state index in [4.69, 9.17) is 0 Å². The van der Waals surface area contributed by atoms with Crippen LogP contribution in [0.3, 0.4) is 0 Å². The predicted octanol–water partition coefficient (Wildman–Crippen LogP) is 3.55. The molecule has 1 unspecified atom stereocenters. The molecule has 0 radical (unpaired) electrons. The lowest BCUT2D eigenvalue weighted by molar-refractivity contribution is 0.151. The van der Waals surface area contributed by atoms with Crippen molar-refractivity contribution >= 4 is 5.96 Å². The first kappa shape index (κ1) is 15.4. The van der Waals surface area contributed by atoms with Crippen molar-refractivity contribution in [2.45, 2.75) is 45.4 Å². The number of aliphatic imine (C=N–C) groups is 1. The van der Waals surface area contributed by atoms with Crippen LogP contribution < -0.4 is 5.32 Å². The summed E-state index contributed by atoms with van der Waals surface area (Å²) in [6.45, 7) is 7.75. The standard InChI is InChI=1S/C19H29N3/c1-15-6-4-7-17(12-15)16(2)13-21-18(20-3)22-11-10-19(14-22)8-5-9-19/h4,6-7,12,16H,5,8-11,13-14H2,1-3H3,(H,20,21). The van der Waals surface area contributed by atoms with Crippen molar-refractivity contribution in [1.29, 1.82) is 0 Å². The van der Waals surface area contributed by atoms with Gasteiger partial charge in [-0.3, -0.25) is 4.99 Å². The van der Waals surface area contributed by atoms with E-state index in [1.807, 2.05) is 7.05 Å². The Morgan fingerprint density at radius 2 is 2.18 bits per heavy atom. The van der Waals surface area contributed by atoms with E-state index in [-0.39, 0.29) is 0 Å². The zero-order valence-corrected chi connectivity index (χ0v) is 14.2. The Balaban J connectivity index is 1.55. The van der Waals surface area contributed by atoms with Gasteiger partial charge in [0, 0.05) is 26.7 Å². The van der Waals surface area contributed by atoms with Crippen LogP contribution in [0.25, 0.3) is 0 Å². The van der Waals surface area contributed by atoms with Gasteiger partial charge in [0.05, 0.1) is 0 Å². The van der Waals surface area contributed by atoms with Crippen LogP contribution in [0.15, 0.2) is 29.3 Å². The predicted molar refractivity (Wildman–Crippen MR) is 93.4 cm³/mol. The van der Waals surface area contributed by atoms with Gasteiger partial charge in [-0.25, -0.2) is 0 Å². The Kier molecular flexibility index (Phi) is 4.42. The van der Waals surface area contributed by atoms with Crippen LogP contribution in [0.4, 0.5) is 0 Å². The fraction of sp³-hybridized carbons (Fsp3) is 0.632. The summed E-state index contributed by atoms with van der Waals surface area (Å²) in [5, 5.41) is 3.59. The fourth-order valence-corrected chi connectivity index (χ4v) is 3.87. The maximum absolute atomic E-state index is 4.51. The van der Waals surface area contributed by atoms with Gasteiger partial charge in [-0.15, -0.1) is 0 Å². The van der Waals surface area contributed by atoms with Crippen LogP contribution in [0.5, 0.6) is 0 Å². The van der Waals surface area contributed by atoms with Crippen LogP contribution in [0.1, 0.15) is 49.7 Å². The molecule has 1 spiro atoms. The number of likely N-dealkylation sites (tertiary alicyclic amines) is 1. The Bertz CT molecular complexity index is 545. The van der Waals surface area contributed by atoms with Gasteiger partial charge in [-0.1, -0.05) is 43.2 Å². The topological polar surface area (TPSA) is 27.6 Å². The van der Waals surface area contributed by atoms with Crippen LogP contribution in [0.2, 0.25) is 0 Å². The Morgan fingerprint density at radius 3 is 2.77 bits per heavy atom. The molecule has 3 rings (SSSR count). The first-order valence-electron chi connectivity index (χ1n) is 8.64. The van der Waals surface area contributed by atoms with Crippen molar-refractivity contribution in [3.8, 4) is 0 Å². The molecule has 1 aliphatic carbocycles. The van der Waals surface area contributed by atoms with Gasteiger partial charge in [0.25, 0.3) is 0 Å². The molecule has 0 amide bonds. The van der Waals surface area contributed by atoms with Gasteiger partial charge in [0.15, 0.2) is 5.96 Å². The largest absolute Gasteiger partial charge is 0.356 e. The maximum atomic E-state index is 4.51. The van der Waals surface area contributed by atoms with Crippen LogP contribution in [0, 0.1) is 12.3 Å². The van der Waals surface area contributed by atoms with E-state index in [1.54, 1.807) is 0 Å². The van der Waals surface area contributed by atoms with Crippen LogP contribution in [-0.2, 0) is 0 Å². The molecule has 1 aliphatic heterocycles. The van der Waals surface area contributed by atoms with Gasteiger partial charge in [-0.05, 0) is 43.1 Å². The zero-order chi connectivity index (χ0) is 15.6. The monoisotopic (exact) mass is 299 g/mol. The van der Waals surface area contributed by atoms with E-state index in [0.29, 0.717) is 11.3 Å². The van der Waals surface area contributed by atoms with Crippen molar-refractivity contribution in [2.75, 3.05) is 26.7 Å². The Labute approximate surface area is 134 Å². The number of rotatable bonds is 3. The first-order valence-corrected chi connectivity index (χ1v) is 8.64. The van der Waals surface area contributed by atoms with Crippen molar-refractivity contribution in [2.24, 2.45) is 10.4 Å². The number of guanidine groups is 1. The van der Waals surface area contributed by atoms with E-state index in [1.165, 1.54) is 49.9 Å². The zero-order valence-electron chi connectivity index (χ0n) is 14.2. The Morgan fingerprint density at radius 1 is 1.36 bits per heavy atom. The van der Waals surface area contributed by atoms with Crippen LogP contribution >= 0.6 is 0 Å². The van der Waals surface area contributed by atoms with Gasteiger partial charge in [0.1, 0.15) is 0 Å². The van der Waals surface area contributed by atoms with Gasteiger partial charge in [0.2, 0.25) is 0 Å². The smallest absolute Gasteiger partial charge is 0.193 e. The van der Waals surface area contributed by atoms with Crippen molar-refractivity contribution in [3.63, 3.8) is 0 Å². The number of benzene rings is 1. The number of nitrogens with one attached hydrogen (secondary N) is 1. The molecular formula is C19H29N3. The SMILES string of the molecule is CN=C(NCC(C)c1cccc(C)c1)N1CCC2(CCC2)C1. The Hall–Kier alpha value is -1.51. The van der Waals surface area contributed by atoms with E-state index in [0.717, 1.165) is 12.5 Å². The quantitative estimate of drug-likeness (QED) is 0.683. The van der Waals surface area contributed by atoms with E-state index in [2.05, 4.69) is 53.3 Å². The molecule has 3 nitrogen and oxygen atoms in total. The lowest BCUT2D eigenvalue weighted by Gasteiger charge is -2.38. The van der Waals surface area contributed by atoms with Crippen molar-refractivity contribution in [3.05, 3.63) is 35.4 Å². The minimum Gasteiger partial charge on any atom is -0.356 e. The average Bonchev–Trinajstić information content (AvgIpc) is 2.93. The van der Waals surface area contributed by atoms with Crippen molar-refractivity contribution < 1.29 is 0 Å². The summed E-state index contributed by atoms with van der Waals surface area (Å²) in [4.78, 5) is 6.97. The molecule has 3 heteroatoms. The molecule has 1 saturated heterocycles. The third-order valence-electron chi connectivity index (χ3n) is 5.54. The van der Waals surface area contributed by atoms with Crippen LogP contribution in [-0.4, -0.2) is 37.5 Å². The summed E-state index contributed by atoms with van der Waals surface area (Å²) in [5.41, 5.74) is 3.36. The summed E-state index contributed by atoms with van der Waals surface area (Å²) in [6.07, 6.45) is 5.60. The average molecular weight is 299 g/mol. The highest BCUT2D eigenvalue weighted by atomic mass is 15.3. The molecule has 1 heterocycles. The lowest BCUT2D eigenvalue weighted by Crippen LogP contribution is -2.43. The summed E-state index contributed by atoms with van der Waals surface area (Å²) in [5.74, 6) is 1.58. The summed E-state index contributed by atoms with van der Waals surface area (Å²) >= 11 is 0.